The Morgan fingerprint density at radius 1 is 1.06 bits per heavy atom. The van der Waals surface area contributed by atoms with Gasteiger partial charge in [-0.05, 0) is 35.7 Å². The zero-order valence-electron chi connectivity index (χ0n) is 27.4. The first-order valence-corrected chi connectivity index (χ1v) is 16.3. The van der Waals surface area contributed by atoms with Gasteiger partial charge in [-0.1, -0.05) is 42.8 Å². The van der Waals surface area contributed by atoms with E-state index in [9.17, 15) is 24.6 Å². The summed E-state index contributed by atoms with van der Waals surface area (Å²) in [4.78, 5) is 47.7. The Balaban J connectivity index is 1.33. The number of nitrogens with zero attached hydrogens (tertiary/aromatic N) is 1. The molecule has 11 nitrogen and oxygen atoms in total. The van der Waals surface area contributed by atoms with Crippen molar-refractivity contribution in [3.8, 4) is 28.7 Å². The van der Waals surface area contributed by atoms with Crippen molar-refractivity contribution in [3.63, 3.8) is 0 Å². The van der Waals surface area contributed by atoms with Gasteiger partial charge in [0, 0.05) is 59.5 Å². The van der Waals surface area contributed by atoms with Crippen molar-refractivity contribution in [1.29, 1.82) is 0 Å². The number of aromatic hydroxyl groups is 1. The molecule has 1 aliphatic carbocycles. The molecule has 3 aliphatic rings. The van der Waals surface area contributed by atoms with Crippen LogP contribution in [0.25, 0.3) is 10.9 Å². The number of rotatable bonds is 7. The van der Waals surface area contributed by atoms with Crippen LogP contribution in [0.1, 0.15) is 52.9 Å². The molecular formula is C37H35ClN2O9. The van der Waals surface area contributed by atoms with E-state index in [0.29, 0.717) is 25.1 Å². The first-order chi connectivity index (χ1) is 23.5. The van der Waals surface area contributed by atoms with E-state index in [2.05, 4.69) is 11.1 Å². The summed E-state index contributed by atoms with van der Waals surface area (Å²) in [5.74, 6) is -3.51. The predicted molar refractivity (Wildman–Crippen MR) is 180 cm³/mol. The summed E-state index contributed by atoms with van der Waals surface area (Å²) in [7, 11) is 4.18. The number of fused-ring (bicyclic) bond motifs is 4. The second kappa shape index (κ2) is 12.1. The molecule has 49 heavy (non-hydrogen) atoms. The van der Waals surface area contributed by atoms with E-state index in [4.69, 9.17) is 30.5 Å². The Bertz CT molecular complexity index is 2090. The average Bonchev–Trinajstić information content (AvgIpc) is 3.63. The van der Waals surface area contributed by atoms with Crippen LogP contribution in [0.15, 0.2) is 59.9 Å². The summed E-state index contributed by atoms with van der Waals surface area (Å²) < 4.78 is 22.6. The van der Waals surface area contributed by atoms with Crippen LogP contribution in [-0.4, -0.2) is 71.0 Å². The van der Waals surface area contributed by atoms with Crippen molar-refractivity contribution in [1.82, 2.24) is 9.88 Å². The molecule has 1 unspecified atom stereocenters. The Morgan fingerprint density at radius 3 is 2.53 bits per heavy atom. The number of benzene rings is 3. The van der Waals surface area contributed by atoms with Crippen molar-refractivity contribution < 1.29 is 43.5 Å². The average molecular weight is 687 g/mol. The fraction of sp³-hybridized carbons (Fsp3) is 0.324. The highest BCUT2D eigenvalue weighted by Crippen LogP contribution is 2.56. The number of carbonyl (C=O) groups excluding carboxylic acids is 3. The van der Waals surface area contributed by atoms with Crippen LogP contribution in [-0.2, 0) is 22.6 Å². The Labute approximate surface area is 287 Å². The van der Waals surface area contributed by atoms with Crippen LogP contribution >= 0.6 is 11.6 Å². The summed E-state index contributed by atoms with van der Waals surface area (Å²) in [6, 6.07) is 13.9. The molecule has 3 aromatic carbocycles. The zero-order chi connectivity index (χ0) is 34.8. The van der Waals surface area contributed by atoms with Gasteiger partial charge < -0.3 is 39.0 Å². The summed E-state index contributed by atoms with van der Waals surface area (Å²) in [6.07, 6.45) is 0.249. The second-order valence-corrected chi connectivity index (χ2v) is 13.0. The first-order valence-electron chi connectivity index (χ1n) is 15.9. The highest BCUT2D eigenvalue weighted by atomic mass is 35.5. The van der Waals surface area contributed by atoms with Crippen LogP contribution in [0.5, 0.6) is 28.7 Å². The minimum absolute atomic E-state index is 0.0124. The molecule has 3 N–H and O–H groups in total. The lowest BCUT2D eigenvalue weighted by atomic mass is 9.69. The van der Waals surface area contributed by atoms with E-state index in [1.54, 1.807) is 17.9 Å². The van der Waals surface area contributed by atoms with E-state index in [1.165, 1.54) is 45.1 Å². The minimum Gasteiger partial charge on any atom is -0.507 e. The number of allylic oxidation sites excluding steroid dienone is 1. The molecule has 0 fully saturated rings. The van der Waals surface area contributed by atoms with Gasteiger partial charge in [0.05, 0.1) is 27.9 Å². The van der Waals surface area contributed by atoms with Gasteiger partial charge >= 0.3 is 0 Å². The third-order valence-electron chi connectivity index (χ3n) is 10.1. The molecule has 2 aliphatic heterocycles. The van der Waals surface area contributed by atoms with Crippen LogP contribution in [0, 0.1) is 5.92 Å². The van der Waals surface area contributed by atoms with Crippen molar-refractivity contribution in [2.24, 2.45) is 5.92 Å². The summed E-state index contributed by atoms with van der Waals surface area (Å²) in [5.41, 5.74) is 1.38. The van der Waals surface area contributed by atoms with Gasteiger partial charge in [0.1, 0.15) is 22.1 Å². The third-order valence-corrected chi connectivity index (χ3v) is 10.4. The van der Waals surface area contributed by atoms with E-state index in [-0.39, 0.29) is 63.7 Å². The molecule has 3 heterocycles. The summed E-state index contributed by atoms with van der Waals surface area (Å²) in [6.45, 7) is 2.43. The molecule has 0 radical (unpaired) electrons. The maximum Gasteiger partial charge on any atom is 0.231 e. The number of hydrogen-bond donors (Lipinski definition) is 3. The molecule has 1 spiro atoms. The predicted octanol–water partition coefficient (Wildman–Crippen LogP) is 6.05. The number of nitrogens with one attached hydrogen (secondary N) is 1. The maximum absolute atomic E-state index is 14.4. The number of H-pyrrole nitrogens is 1. The van der Waals surface area contributed by atoms with Crippen LogP contribution in [0.4, 0.5) is 0 Å². The lowest BCUT2D eigenvalue weighted by Gasteiger charge is -2.39. The number of para-hydroxylation sites is 1. The molecule has 3 atom stereocenters. The smallest absolute Gasteiger partial charge is 0.231 e. The largest absolute Gasteiger partial charge is 0.507 e. The number of aliphatic hydroxyl groups is 1. The monoisotopic (exact) mass is 686 g/mol. The number of amides is 1. The van der Waals surface area contributed by atoms with Crippen molar-refractivity contribution in [2.45, 2.75) is 44.2 Å². The number of methoxy groups -OCH3 is 3. The number of aliphatic hydroxyl groups excluding tert-OH is 1. The number of halogens is 1. The number of Topliss-reactive ketones (excluding diaryl/α,β-unsaturated/α-hetero) is 2. The molecular weight excluding hydrogens is 652 g/mol. The minimum atomic E-state index is -2.03. The van der Waals surface area contributed by atoms with E-state index in [0.717, 1.165) is 16.6 Å². The number of ether oxygens (including phenoxy) is 4. The molecule has 12 heteroatoms. The van der Waals surface area contributed by atoms with Crippen molar-refractivity contribution in [3.05, 3.63) is 87.3 Å². The molecule has 0 bridgehead atoms. The Morgan fingerprint density at radius 2 is 1.80 bits per heavy atom. The Hall–Kier alpha value is -5.16. The molecule has 0 saturated heterocycles. The number of hydrogen-bond acceptors (Lipinski definition) is 9. The number of carbonyl (C=O) groups is 3. The highest BCUT2D eigenvalue weighted by molar-refractivity contribution is 6.35. The quantitative estimate of drug-likeness (QED) is 0.211. The number of aromatic amines is 1. The molecule has 7 rings (SSSR count). The van der Waals surface area contributed by atoms with E-state index in [1.807, 2.05) is 18.2 Å². The van der Waals surface area contributed by atoms with Gasteiger partial charge in [-0.2, -0.15) is 0 Å². The molecule has 0 saturated carbocycles. The lowest BCUT2D eigenvalue weighted by Crippen LogP contribution is -2.53. The molecule has 1 amide bonds. The number of phenolic OH excluding ortho intramolecular Hbond substituents is 1. The SMILES string of the molecule is COc1cc(C(CC(=O)N2CCc3c([nH]c4ccccc34)C2)C2=C(O)[C@@]3(Oc4c(Cl)c(OC)cc(OC)c4C3=O)[C@H](C)CC2=O)ccc1O. The first kappa shape index (κ1) is 32.4. The normalized spacial score (nSPS) is 20.7. The number of ketones is 2. The number of phenols is 1. The van der Waals surface area contributed by atoms with Gasteiger partial charge in [0.25, 0.3) is 0 Å². The summed E-state index contributed by atoms with van der Waals surface area (Å²) >= 11 is 6.62. The highest BCUT2D eigenvalue weighted by Gasteiger charge is 2.61. The molecule has 254 valence electrons. The van der Waals surface area contributed by atoms with Crippen molar-refractivity contribution >= 4 is 40.0 Å². The van der Waals surface area contributed by atoms with Gasteiger partial charge in [0.2, 0.25) is 17.3 Å². The fourth-order valence-corrected chi connectivity index (χ4v) is 7.81. The van der Waals surface area contributed by atoms with Crippen LogP contribution < -0.4 is 18.9 Å². The lowest BCUT2D eigenvalue weighted by molar-refractivity contribution is -0.132. The topological polar surface area (TPSA) is 148 Å². The third kappa shape index (κ3) is 4.89. The molecule has 4 aromatic rings. The standard InChI is InChI=1S/C37H35ClN2O9/c1-18-13-26(42)31(35(44)37(18)36(45)32-28(47-3)16-29(48-4)33(38)34(32)49-37)22(19-9-10-25(41)27(14-19)46-2)15-30(43)40-12-11-21-20-7-5-6-8-23(20)39-24(21)17-40/h5-10,14,16,18,22,39,41,44H,11-13,15,17H2,1-4H3/t18-,22?,37+/m1/s1. The van der Waals surface area contributed by atoms with E-state index >= 15 is 0 Å². The summed E-state index contributed by atoms with van der Waals surface area (Å²) in [5, 5.41) is 23.7. The maximum atomic E-state index is 14.4. The van der Waals surface area contributed by atoms with E-state index < -0.39 is 34.8 Å². The Kier molecular flexibility index (Phi) is 7.98. The van der Waals surface area contributed by atoms with Gasteiger partial charge in [0.15, 0.2) is 28.8 Å². The van der Waals surface area contributed by atoms with Crippen LogP contribution in [0.3, 0.4) is 0 Å². The molecule has 1 aromatic heterocycles. The zero-order valence-corrected chi connectivity index (χ0v) is 28.1. The fourth-order valence-electron chi connectivity index (χ4n) is 7.55. The number of aromatic nitrogens is 1. The van der Waals surface area contributed by atoms with Crippen molar-refractivity contribution in [2.75, 3.05) is 27.9 Å². The van der Waals surface area contributed by atoms with Crippen LogP contribution in [0.2, 0.25) is 5.02 Å². The van der Waals surface area contributed by atoms with Gasteiger partial charge in [-0.25, -0.2) is 0 Å². The van der Waals surface area contributed by atoms with Gasteiger partial charge in [-0.3, -0.25) is 14.4 Å². The second-order valence-electron chi connectivity index (χ2n) is 12.6. The van der Waals surface area contributed by atoms with Gasteiger partial charge in [-0.15, -0.1) is 0 Å².